The van der Waals surface area contributed by atoms with Crippen molar-refractivity contribution < 1.29 is 19.8 Å². The lowest BCUT2D eigenvalue weighted by Gasteiger charge is -2.31. The predicted octanol–water partition coefficient (Wildman–Crippen LogP) is 4.46. The molecule has 2 N–H and O–H groups in total. The van der Waals surface area contributed by atoms with Crippen molar-refractivity contribution >= 4 is 22.8 Å². The molecule has 1 heterocycles. The van der Waals surface area contributed by atoms with E-state index in [1.54, 1.807) is 0 Å². The Balaban J connectivity index is 2.04. The first-order valence-electron chi connectivity index (χ1n) is 9.65. The molecule has 1 aliphatic carbocycles. The molecule has 1 aromatic heterocycles. The van der Waals surface area contributed by atoms with Gasteiger partial charge in [0, 0.05) is 22.5 Å². The number of carbonyl (C=O) groups is 2. The number of aliphatic carboxylic acids is 2. The molecule has 0 fully saturated rings. The highest BCUT2D eigenvalue weighted by Crippen LogP contribution is 2.45. The van der Waals surface area contributed by atoms with Crippen molar-refractivity contribution in [2.24, 2.45) is 5.92 Å². The van der Waals surface area contributed by atoms with Gasteiger partial charge in [0.05, 0.1) is 5.92 Å². The molecule has 144 valence electrons. The molecule has 0 radical (unpaired) electrons. The van der Waals surface area contributed by atoms with E-state index in [0.717, 1.165) is 27.7 Å². The van der Waals surface area contributed by atoms with Crippen molar-refractivity contribution in [3.8, 4) is 0 Å². The van der Waals surface area contributed by atoms with Crippen molar-refractivity contribution in [2.45, 2.75) is 38.1 Å². The molecule has 1 aliphatic rings. The summed E-state index contributed by atoms with van der Waals surface area (Å²) in [5.41, 5.74) is 3.83. The lowest BCUT2D eigenvalue weighted by Crippen LogP contribution is -2.29. The number of hydrogen-bond donors (Lipinski definition) is 2. The average Bonchev–Trinajstić information content (AvgIpc) is 3.03. The third kappa shape index (κ3) is 2.87. The third-order valence-corrected chi connectivity index (χ3v) is 5.89. The topological polar surface area (TPSA) is 79.5 Å². The van der Waals surface area contributed by atoms with Crippen LogP contribution in [0.5, 0.6) is 0 Å². The lowest BCUT2D eigenvalue weighted by molar-refractivity contribution is -0.143. The van der Waals surface area contributed by atoms with E-state index >= 15 is 0 Å². The highest BCUT2D eigenvalue weighted by Gasteiger charge is 2.38. The summed E-state index contributed by atoms with van der Waals surface area (Å²) in [5.74, 6) is -2.29. The summed E-state index contributed by atoms with van der Waals surface area (Å²) < 4.78 is 1.95. The van der Waals surface area contributed by atoms with E-state index in [0.29, 0.717) is 19.3 Å². The van der Waals surface area contributed by atoms with E-state index in [9.17, 15) is 19.8 Å². The number of benzene rings is 2. The van der Waals surface area contributed by atoms with E-state index in [-0.39, 0.29) is 5.92 Å². The van der Waals surface area contributed by atoms with Gasteiger partial charge in [-0.2, -0.15) is 0 Å². The quantitative estimate of drug-likeness (QED) is 0.688. The monoisotopic (exact) mass is 377 g/mol. The zero-order chi connectivity index (χ0) is 19.8. The van der Waals surface area contributed by atoms with E-state index in [1.165, 1.54) is 0 Å². The largest absolute Gasteiger partial charge is 0.481 e. The van der Waals surface area contributed by atoms with Crippen molar-refractivity contribution in [2.75, 3.05) is 0 Å². The van der Waals surface area contributed by atoms with E-state index in [1.807, 2.05) is 66.1 Å². The molecule has 2 unspecified atom stereocenters. The molecule has 0 aliphatic heterocycles. The zero-order valence-corrected chi connectivity index (χ0v) is 15.7. The molecule has 28 heavy (non-hydrogen) atoms. The van der Waals surface area contributed by atoms with Crippen molar-refractivity contribution in [1.29, 1.82) is 0 Å². The molecule has 5 nitrogen and oxygen atoms in total. The van der Waals surface area contributed by atoms with Gasteiger partial charge in [0.2, 0.25) is 0 Å². The second-order valence-electron chi connectivity index (χ2n) is 7.45. The van der Waals surface area contributed by atoms with E-state index in [2.05, 4.69) is 0 Å². The highest BCUT2D eigenvalue weighted by atomic mass is 16.4. The van der Waals surface area contributed by atoms with Crippen LogP contribution in [0.1, 0.15) is 48.5 Å². The van der Waals surface area contributed by atoms with Crippen LogP contribution in [0, 0.1) is 5.92 Å². The minimum Gasteiger partial charge on any atom is -0.481 e. The molecule has 0 saturated carbocycles. The summed E-state index contributed by atoms with van der Waals surface area (Å²) >= 11 is 0. The minimum atomic E-state index is -0.863. The maximum Gasteiger partial charge on any atom is 0.326 e. The lowest BCUT2D eigenvalue weighted by atomic mass is 9.76. The maximum atomic E-state index is 12.1. The first kappa shape index (κ1) is 18.3. The summed E-state index contributed by atoms with van der Waals surface area (Å²) in [4.78, 5) is 23.9. The fourth-order valence-corrected chi connectivity index (χ4v) is 4.64. The molecule has 3 atom stereocenters. The van der Waals surface area contributed by atoms with E-state index in [4.69, 9.17) is 0 Å². The predicted molar refractivity (Wildman–Crippen MR) is 107 cm³/mol. The number of carboxylic acids is 2. The molecule has 0 amide bonds. The van der Waals surface area contributed by atoms with Gasteiger partial charge in [0.25, 0.3) is 0 Å². The number of nitrogens with zero attached hydrogens (tertiary/aromatic N) is 1. The van der Waals surface area contributed by atoms with Crippen molar-refractivity contribution in [1.82, 2.24) is 4.57 Å². The average molecular weight is 377 g/mol. The van der Waals surface area contributed by atoms with Crippen LogP contribution in [0.2, 0.25) is 0 Å². The van der Waals surface area contributed by atoms with Gasteiger partial charge >= 0.3 is 11.9 Å². The van der Waals surface area contributed by atoms with Gasteiger partial charge in [-0.05, 0) is 36.5 Å². The molecule has 0 spiro atoms. The number of fused-ring (bicyclic) bond motifs is 3. The Morgan fingerprint density at radius 1 is 1.07 bits per heavy atom. The fraction of sp³-hybridized carbons (Fsp3) is 0.304. The van der Waals surface area contributed by atoms with Crippen LogP contribution >= 0.6 is 0 Å². The molecular formula is C23H23NO4. The number of hydrogen-bond acceptors (Lipinski definition) is 2. The normalized spacial score (nSPS) is 19.9. The van der Waals surface area contributed by atoms with Crippen LogP contribution in [0.15, 0.2) is 54.6 Å². The van der Waals surface area contributed by atoms with Gasteiger partial charge in [-0.3, -0.25) is 4.79 Å². The molecule has 0 saturated heterocycles. The first-order valence-corrected chi connectivity index (χ1v) is 9.65. The fourth-order valence-electron chi connectivity index (χ4n) is 4.64. The van der Waals surface area contributed by atoms with E-state index < -0.39 is 23.9 Å². The second-order valence-corrected chi connectivity index (χ2v) is 7.45. The standard InChI is InChI=1S/C23H23NO4/c1-2-19(23(27)28)24-20-11-7-6-10-16(20)18-13-15(22(25)26)12-17(21(18)24)14-8-4-3-5-9-14/h3-11,15,17,19H,2,12-13H2,1H3,(H,25,26)(H,27,28)/t15?,17-,19?/m1/s1. The van der Waals surface area contributed by atoms with Gasteiger partial charge in [0.1, 0.15) is 6.04 Å². The van der Waals surface area contributed by atoms with Crippen LogP contribution in [0.4, 0.5) is 0 Å². The van der Waals surface area contributed by atoms with Crippen molar-refractivity contribution in [3.05, 3.63) is 71.4 Å². The third-order valence-electron chi connectivity index (χ3n) is 5.89. The SMILES string of the molecule is CCC(C(=O)O)n1c2c(c3ccccc31)CC(C(=O)O)C[C@@H]2c1ccccc1. The number of aromatic nitrogens is 1. The van der Waals surface area contributed by atoms with Crippen LogP contribution in [0.3, 0.4) is 0 Å². The van der Waals surface area contributed by atoms with Gasteiger partial charge in [0.15, 0.2) is 0 Å². The summed E-state index contributed by atoms with van der Waals surface area (Å²) in [6.45, 7) is 1.88. The molecule has 5 heteroatoms. The Morgan fingerprint density at radius 3 is 2.39 bits per heavy atom. The maximum absolute atomic E-state index is 12.1. The van der Waals surface area contributed by atoms with Gasteiger partial charge in [-0.1, -0.05) is 55.5 Å². The van der Waals surface area contributed by atoms with Gasteiger partial charge in [-0.15, -0.1) is 0 Å². The highest BCUT2D eigenvalue weighted by molar-refractivity contribution is 5.89. The Hall–Kier alpha value is -3.08. The van der Waals surface area contributed by atoms with Gasteiger partial charge < -0.3 is 14.8 Å². The smallest absolute Gasteiger partial charge is 0.326 e. The molecule has 4 rings (SSSR count). The summed E-state index contributed by atoms with van der Waals surface area (Å²) in [7, 11) is 0. The molecule has 2 aromatic carbocycles. The Kier molecular flexibility index (Phi) is 4.67. The number of para-hydroxylation sites is 1. The number of carboxylic acid groups (broad SMARTS) is 2. The van der Waals surface area contributed by atoms with Crippen molar-refractivity contribution in [3.63, 3.8) is 0 Å². The summed E-state index contributed by atoms with van der Waals surface area (Å²) in [6, 6.07) is 16.9. The van der Waals surface area contributed by atoms with Crippen LogP contribution in [-0.4, -0.2) is 26.7 Å². The van der Waals surface area contributed by atoms with Crippen LogP contribution in [0.25, 0.3) is 10.9 Å². The first-order chi connectivity index (χ1) is 13.5. The Bertz CT molecular complexity index is 1040. The van der Waals surface area contributed by atoms with Crippen LogP contribution < -0.4 is 0 Å². The Morgan fingerprint density at radius 2 is 1.75 bits per heavy atom. The summed E-state index contributed by atoms with van der Waals surface area (Å²) in [5, 5.41) is 20.6. The van der Waals surface area contributed by atoms with Crippen LogP contribution in [-0.2, 0) is 16.0 Å². The molecule has 0 bridgehead atoms. The number of rotatable bonds is 5. The minimum absolute atomic E-state index is 0.146. The molecular weight excluding hydrogens is 354 g/mol. The second kappa shape index (κ2) is 7.15. The Labute approximate surface area is 163 Å². The molecule has 3 aromatic rings. The van der Waals surface area contributed by atoms with Gasteiger partial charge in [-0.25, -0.2) is 4.79 Å². The summed E-state index contributed by atoms with van der Waals surface area (Å²) in [6.07, 6.45) is 1.36. The zero-order valence-electron chi connectivity index (χ0n) is 15.7.